The van der Waals surface area contributed by atoms with Crippen LogP contribution in [-0.4, -0.2) is 31.0 Å². The maximum Gasteiger partial charge on any atom is 0.222 e. The number of aryl methyl sites for hydroxylation is 1. The molecule has 0 spiro atoms. The second kappa shape index (κ2) is 8.15. The lowest BCUT2D eigenvalue weighted by atomic mass is 10.2. The molecule has 0 saturated heterocycles. The molecule has 1 rings (SSSR count). The molecule has 4 heteroatoms. The minimum absolute atomic E-state index is 0.0584. The smallest absolute Gasteiger partial charge is 0.222 e. The van der Waals surface area contributed by atoms with Crippen molar-refractivity contribution in [3.8, 4) is 11.8 Å². The molecule has 0 aliphatic heterocycles. The van der Waals surface area contributed by atoms with Crippen LogP contribution in [0.25, 0.3) is 0 Å². The SMILES string of the molecule is Cc1cccc(OCCCC(=O)N(C)CCC#N)c1. The van der Waals surface area contributed by atoms with E-state index in [1.807, 2.05) is 37.3 Å². The van der Waals surface area contributed by atoms with Gasteiger partial charge >= 0.3 is 0 Å². The topological polar surface area (TPSA) is 53.3 Å². The number of hydrogen-bond acceptors (Lipinski definition) is 3. The molecule has 0 saturated carbocycles. The van der Waals surface area contributed by atoms with Gasteiger partial charge in [-0.3, -0.25) is 4.79 Å². The Morgan fingerprint density at radius 3 is 2.95 bits per heavy atom. The molecule has 1 aromatic carbocycles. The highest BCUT2D eigenvalue weighted by atomic mass is 16.5. The van der Waals surface area contributed by atoms with Crippen LogP contribution >= 0.6 is 0 Å². The van der Waals surface area contributed by atoms with Gasteiger partial charge in [0, 0.05) is 20.0 Å². The molecule has 0 atom stereocenters. The molecule has 0 unspecified atom stereocenters. The van der Waals surface area contributed by atoms with Crippen LogP contribution in [0.15, 0.2) is 24.3 Å². The van der Waals surface area contributed by atoms with E-state index in [4.69, 9.17) is 10.00 Å². The number of hydrogen-bond donors (Lipinski definition) is 0. The number of nitriles is 1. The van der Waals surface area contributed by atoms with Crippen LogP contribution in [-0.2, 0) is 4.79 Å². The number of benzene rings is 1. The van der Waals surface area contributed by atoms with Gasteiger partial charge in [0.05, 0.1) is 19.1 Å². The lowest BCUT2D eigenvalue weighted by molar-refractivity contribution is -0.130. The van der Waals surface area contributed by atoms with Crippen LogP contribution < -0.4 is 4.74 Å². The Balaban J connectivity index is 2.20. The van der Waals surface area contributed by atoms with Gasteiger partial charge in [0.15, 0.2) is 0 Å². The van der Waals surface area contributed by atoms with Gasteiger partial charge in [-0.15, -0.1) is 0 Å². The molecule has 0 bridgehead atoms. The van der Waals surface area contributed by atoms with Crippen LogP contribution in [0, 0.1) is 18.3 Å². The number of amides is 1. The third-order valence-electron chi connectivity index (χ3n) is 2.78. The highest BCUT2D eigenvalue weighted by Gasteiger charge is 2.07. The summed E-state index contributed by atoms with van der Waals surface area (Å²) in [6.45, 7) is 3.04. The summed E-state index contributed by atoms with van der Waals surface area (Å²) in [5, 5.41) is 8.45. The predicted molar refractivity (Wildman–Crippen MR) is 73.8 cm³/mol. The number of carbonyl (C=O) groups is 1. The third kappa shape index (κ3) is 5.91. The van der Waals surface area contributed by atoms with Gasteiger partial charge in [0.1, 0.15) is 5.75 Å². The fourth-order valence-electron chi connectivity index (χ4n) is 1.65. The van der Waals surface area contributed by atoms with E-state index < -0.39 is 0 Å². The van der Waals surface area contributed by atoms with Crippen molar-refractivity contribution in [1.82, 2.24) is 4.90 Å². The maximum absolute atomic E-state index is 11.7. The summed E-state index contributed by atoms with van der Waals surface area (Å²) in [5.74, 6) is 0.897. The monoisotopic (exact) mass is 260 g/mol. The zero-order valence-electron chi connectivity index (χ0n) is 11.6. The average Bonchev–Trinajstić information content (AvgIpc) is 2.40. The molecule has 0 heterocycles. The summed E-state index contributed by atoms with van der Waals surface area (Å²) < 4.78 is 5.58. The molecular weight excluding hydrogens is 240 g/mol. The molecule has 0 fully saturated rings. The van der Waals surface area contributed by atoms with E-state index in [0.717, 1.165) is 11.3 Å². The summed E-state index contributed by atoms with van der Waals surface area (Å²) in [4.78, 5) is 13.3. The lowest BCUT2D eigenvalue weighted by Crippen LogP contribution is -2.27. The van der Waals surface area contributed by atoms with Gasteiger partial charge in [-0.1, -0.05) is 12.1 Å². The maximum atomic E-state index is 11.7. The van der Waals surface area contributed by atoms with Crippen molar-refractivity contribution in [2.45, 2.75) is 26.2 Å². The first-order chi connectivity index (χ1) is 9.13. The molecule has 0 aromatic heterocycles. The van der Waals surface area contributed by atoms with E-state index in [1.54, 1.807) is 11.9 Å². The van der Waals surface area contributed by atoms with Crippen molar-refractivity contribution in [2.75, 3.05) is 20.2 Å². The van der Waals surface area contributed by atoms with Crippen molar-refractivity contribution in [1.29, 1.82) is 5.26 Å². The minimum atomic E-state index is 0.0584. The normalized spacial score (nSPS) is 9.74. The quantitative estimate of drug-likeness (QED) is 0.708. The standard InChI is InChI=1S/C15H20N2O2/c1-13-6-3-7-14(12-13)19-11-4-8-15(18)17(2)10-5-9-16/h3,6-7,12H,4-5,8,10-11H2,1-2H3. The molecule has 0 aliphatic rings. The fourth-order valence-corrected chi connectivity index (χ4v) is 1.65. The summed E-state index contributed by atoms with van der Waals surface area (Å²) in [6, 6.07) is 9.88. The van der Waals surface area contributed by atoms with Crippen LogP contribution in [0.2, 0.25) is 0 Å². The molecule has 1 aromatic rings. The molecule has 1 amide bonds. The molecule has 19 heavy (non-hydrogen) atoms. The van der Waals surface area contributed by atoms with E-state index in [-0.39, 0.29) is 5.91 Å². The van der Waals surface area contributed by atoms with Crippen molar-refractivity contribution in [3.63, 3.8) is 0 Å². The molecular formula is C15H20N2O2. The van der Waals surface area contributed by atoms with Gasteiger partial charge in [-0.05, 0) is 31.0 Å². The molecule has 0 N–H and O–H groups in total. The van der Waals surface area contributed by atoms with Crippen LogP contribution in [0.5, 0.6) is 5.75 Å². The van der Waals surface area contributed by atoms with E-state index in [0.29, 0.717) is 32.4 Å². The van der Waals surface area contributed by atoms with Crippen molar-refractivity contribution in [2.24, 2.45) is 0 Å². The average molecular weight is 260 g/mol. The van der Waals surface area contributed by atoms with Gasteiger partial charge in [-0.25, -0.2) is 0 Å². The van der Waals surface area contributed by atoms with Gasteiger partial charge in [0.2, 0.25) is 5.91 Å². The Labute approximate surface area is 114 Å². The van der Waals surface area contributed by atoms with Gasteiger partial charge in [-0.2, -0.15) is 5.26 Å². The second-order valence-electron chi connectivity index (χ2n) is 4.49. The second-order valence-corrected chi connectivity index (χ2v) is 4.49. The highest BCUT2D eigenvalue weighted by molar-refractivity contribution is 5.75. The van der Waals surface area contributed by atoms with Crippen LogP contribution in [0.3, 0.4) is 0 Å². The molecule has 4 nitrogen and oxygen atoms in total. The Morgan fingerprint density at radius 2 is 2.26 bits per heavy atom. The Morgan fingerprint density at radius 1 is 1.47 bits per heavy atom. The third-order valence-corrected chi connectivity index (χ3v) is 2.78. The Bertz CT molecular complexity index is 452. The molecule has 102 valence electrons. The number of ether oxygens (including phenoxy) is 1. The lowest BCUT2D eigenvalue weighted by Gasteiger charge is -2.15. The van der Waals surface area contributed by atoms with Crippen LogP contribution in [0.4, 0.5) is 0 Å². The first-order valence-electron chi connectivity index (χ1n) is 6.44. The number of rotatable bonds is 7. The van der Waals surface area contributed by atoms with E-state index >= 15 is 0 Å². The Hall–Kier alpha value is -2.02. The van der Waals surface area contributed by atoms with Crippen molar-refractivity contribution < 1.29 is 9.53 Å². The van der Waals surface area contributed by atoms with E-state index in [2.05, 4.69) is 0 Å². The molecule has 0 aliphatic carbocycles. The van der Waals surface area contributed by atoms with Crippen LogP contribution in [0.1, 0.15) is 24.8 Å². The van der Waals surface area contributed by atoms with Gasteiger partial charge < -0.3 is 9.64 Å². The summed E-state index contributed by atoms with van der Waals surface area (Å²) in [7, 11) is 1.72. The fraction of sp³-hybridized carbons (Fsp3) is 0.467. The minimum Gasteiger partial charge on any atom is -0.494 e. The number of carbonyl (C=O) groups excluding carboxylic acids is 1. The first-order valence-corrected chi connectivity index (χ1v) is 6.44. The summed E-state index contributed by atoms with van der Waals surface area (Å²) >= 11 is 0. The number of nitrogens with zero attached hydrogens (tertiary/aromatic N) is 2. The molecule has 0 radical (unpaired) electrons. The Kier molecular flexibility index (Phi) is 6.45. The predicted octanol–water partition coefficient (Wildman–Crippen LogP) is 2.53. The largest absolute Gasteiger partial charge is 0.494 e. The van der Waals surface area contributed by atoms with Gasteiger partial charge in [0.25, 0.3) is 0 Å². The first kappa shape index (κ1) is 15.0. The van der Waals surface area contributed by atoms with Crippen molar-refractivity contribution >= 4 is 5.91 Å². The highest BCUT2D eigenvalue weighted by Crippen LogP contribution is 2.12. The summed E-state index contributed by atoms with van der Waals surface area (Å²) in [6.07, 6.45) is 1.51. The van der Waals surface area contributed by atoms with E-state index in [1.165, 1.54) is 0 Å². The van der Waals surface area contributed by atoms with E-state index in [9.17, 15) is 4.79 Å². The zero-order valence-corrected chi connectivity index (χ0v) is 11.6. The zero-order chi connectivity index (χ0) is 14.1. The van der Waals surface area contributed by atoms with Crippen molar-refractivity contribution in [3.05, 3.63) is 29.8 Å². The summed E-state index contributed by atoms with van der Waals surface area (Å²) in [5.41, 5.74) is 1.16.